The van der Waals surface area contributed by atoms with Gasteiger partial charge < -0.3 is 14.2 Å². The Morgan fingerprint density at radius 2 is 1.85 bits per heavy atom. The third-order valence-electron chi connectivity index (χ3n) is 6.37. The minimum absolute atomic E-state index is 0.0784. The molecule has 0 saturated carbocycles. The number of fused-ring (bicyclic) bond motifs is 2. The van der Waals surface area contributed by atoms with Gasteiger partial charge in [0.1, 0.15) is 24.0 Å². The van der Waals surface area contributed by atoms with Gasteiger partial charge in [-0.25, -0.2) is 0 Å². The summed E-state index contributed by atoms with van der Waals surface area (Å²) in [6, 6.07) is 18.0. The van der Waals surface area contributed by atoms with Gasteiger partial charge in [-0.05, 0) is 55.2 Å². The summed E-state index contributed by atoms with van der Waals surface area (Å²) < 4.78 is 17.6. The van der Waals surface area contributed by atoms with Crippen molar-refractivity contribution in [1.29, 1.82) is 0 Å². The van der Waals surface area contributed by atoms with Crippen LogP contribution in [0.3, 0.4) is 0 Å². The van der Waals surface area contributed by atoms with Gasteiger partial charge >= 0.3 is 0 Å². The lowest BCUT2D eigenvalue weighted by Gasteiger charge is -2.30. The van der Waals surface area contributed by atoms with Crippen molar-refractivity contribution in [2.45, 2.75) is 26.8 Å². The van der Waals surface area contributed by atoms with Gasteiger partial charge in [0.2, 0.25) is 5.78 Å². The van der Waals surface area contributed by atoms with Crippen molar-refractivity contribution in [3.8, 4) is 17.2 Å². The first kappa shape index (κ1) is 21.3. The fourth-order valence-electron chi connectivity index (χ4n) is 4.52. The topological polar surface area (TPSA) is 48.0 Å². The van der Waals surface area contributed by atoms with Gasteiger partial charge in [0.25, 0.3) is 0 Å². The first-order chi connectivity index (χ1) is 16.0. The summed E-state index contributed by atoms with van der Waals surface area (Å²) in [7, 11) is 1.70. The third kappa shape index (κ3) is 4.00. The number of allylic oxidation sites excluding steroid dienone is 1. The molecule has 5 heteroatoms. The van der Waals surface area contributed by atoms with E-state index in [2.05, 4.69) is 11.0 Å². The Morgan fingerprint density at radius 3 is 2.67 bits per heavy atom. The number of para-hydroxylation sites is 1. The van der Waals surface area contributed by atoms with Gasteiger partial charge in [-0.2, -0.15) is 0 Å². The molecule has 0 aliphatic carbocycles. The van der Waals surface area contributed by atoms with E-state index in [-0.39, 0.29) is 5.78 Å². The maximum atomic E-state index is 13.2. The largest absolute Gasteiger partial charge is 0.496 e. The standard InChI is InChI=1S/C28H27NO4/c1-18-8-4-5-10-21(18)15-25-26(30)23-14-22-16-29(17-32-27(22)19(2)28(23)33-25)13-12-20-9-6-7-11-24(20)31-3/h4-11,14-15H,12-13,16-17H2,1-3H3/b25-15-. The van der Waals surface area contributed by atoms with Crippen LogP contribution in [0.1, 0.15) is 38.2 Å². The van der Waals surface area contributed by atoms with E-state index >= 15 is 0 Å². The van der Waals surface area contributed by atoms with Crippen molar-refractivity contribution < 1.29 is 19.0 Å². The Kier molecular flexibility index (Phi) is 5.65. The van der Waals surface area contributed by atoms with E-state index < -0.39 is 0 Å². The number of aryl methyl sites for hydroxylation is 1. The highest BCUT2D eigenvalue weighted by molar-refractivity contribution is 6.15. The average Bonchev–Trinajstić information content (AvgIpc) is 3.15. The number of ketones is 1. The number of hydrogen-bond donors (Lipinski definition) is 0. The second-order valence-electron chi connectivity index (χ2n) is 8.55. The normalized spacial score (nSPS) is 16.2. The molecule has 0 atom stereocenters. The van der Waals surface area contributed by atoms with Crippen LogP contribution in [0, 0.1) is 13.8 Å². The summed E-state index contributed by atoms with van der Waals surface area (Å²) in [5.41, 5.74) is 5.77. The minimum Gasteiger partial charge on any atom is -0.496 e. The highest BCUT2D eigenvalue weighted by atomic mass is 16.5. The van der Waals surface area contributed by atoms with Crippen molar-refractivity contribution in [3.05, 3.63) is 93.7 Å². The Balaban J connectivity index is 1.37. The Labute approximate surface area is 194 Å². The predicted molar refractivity (Wildman–Crippen MR) is 128 cm³/mol. The van der Waals surface area contributed by atoms with Crippen LogP contribution in [0.25, 0.3) is 6.08 Å². The van der Waals surface area contributed by atoms with Crippen LogP contribution in [0.2, 0.25) is 0 Å². The van der Waals surface area contributed by atoms with Crippen molar-refractivity contribution in [1.82, 2.24) is 4.90 Å². The highest BCUT2D eigenvalue weighted by Crippen LogP contribution is 2.43. The van der Waals surface area contributed by atoms with E-state index in [0.717, 1.165) is 53.3 Å². The highest BCUT2D eigenvalue weighted by Gasteiger charge is 2.33. The monoisotopic (exact) mass is 441 g/mol. The number of hydrogen-bond acceptors (Lipinski definition) is 5. The number of nitrogens with zero attached hydrogens (tertiary/aromatic N) is 1. The molecule has 33 heavy (non-hydrogen) atoms. The number of methoxy groups -OCH3 is 1. The number of carbonyl (C=O) groups is 1. The molecule has 3 aromatic rings. The van der Waals surface area contributed by atoms with Crippen LogP contribution in [-0.2, 0) is 13.0 Å². The molecule has 0 amide bonds. The number of carbonyl (C=O) groups excluding carboxylic acids is 1. The van der Waals surface area contributed by atoms with Crippen LogP contribution >= 0.6 is 0 Å². The molecule has 0 spiro atoms. The van der Waals surface area contributed by atoms with Gasteiger partial charge in [0.05, 0.1) is 12.7 Å². The molecule has 0 bridgehead atoms. The third-order valence-corrected chi connectivity index (χ3v) is 6.37. The molecular weight excluding hydrogens is 414 g/mol. The summed E-state index contributed by atoms with van der Waals surface area (Å²) >= 11 is 0. The zero-order valence-corrected chi connectivity index (χ0v) is 19.2. The lowest BCUT2D eigenvalue weighted by molar-refractivity contribution is 0.0952. The smallest absolute Gasteiger partial charge is 0.231 e. The molecule has 0 radical (unpaired) electrons. The maximum Gasteiger partial charge on any atom is 0.231 e. The van der Waals surface area contributed by atoms with E-state index in [1.54, 1.807) is 7.11 Å². The van der Waals surface area contributed by atoms with Crippen molar-refractivity contribution >= 4 is 11.9 Å². The van der Waals surface area contributed by atoms with Gasteiger partial charge in [-0.15, -0.1) is 0 Å². The Hall–Kier alpha value is -3.57. The molecule has 0 saturated heterocycles. The molecule has 5 rings (SSSR count). The minimum atomic E-state index is -0.0784. The zero-order valence-electron chi connectivity index (χ0n) is 19.2. The zero-order chi connectivity index (χ0) is 22.9. The summed E-state index contributed by atoms with van der Waals surface area (Å²) in [6.45, 7) is 6.05. The fourth-order valence-corrected chi connectivity index (χ4v) is 4.52. The molecule has 2 aliphatic rings. The van der Waals surface area contributed by atoms with Gasteiger partial charge in [-0.3, -0.25) is 9.69 Å². The number of Topliss-reactive ketones (excluding diaryl/α,β-unsaturated/α-hetero) is 1. The molecule has 168 valence electrons. The van der Waals surface area contributed by atoms with E-state index in [9.17, 15) is 4.79 Å². The van der Waals surface area contributed by atoms with Gasteiger partial charge in [0.15, 0.2) is 5.76 Å². The number of ether oxygens (including phenoxy) is 3. The lowest BCUT2D eigenvalue weighted by atomic mass is 9.99. The first-order valence-corrected chi connectivity index (χ1v) is 11.2. The Bertz CT molecular complexity index is 1260. The molecule has 2 heterocycles. The van der Waals surface area contributed by atoms with Crippen LogP contribution < -0.4 is 14.2 Å². The molecule has 3 aromatic carbocycles. The maximum absolute atomic E-state index is 13.2. The summed E-state index contributed by atoms with van der Waals surface area (Å²) in [5.74, 6) is 2.62. The predicted octanol–water partition coefficient (Wildman–Crippen LogP) is 5.32. The SMILES string of the molecule is COc1ccccc1CCN1COc2c(cc3c(c2C)O/C(=C\c2ccccc2C)C3=O)C1. The second-order valence-corrected chi connectivity index (χ2v) is 8.55. The van der Waals surface area contributed by atoms with Crippen LogP contribution in [0.15, 0.2) is 60.4 Å². The van der Waals surface area contributed by atoms with Crippen LogP contribution in [0.5, 0.6) is 17.2 Å². The van der Waals surface area contributed by atoms with E-state index in [1.165, 1.54) is 5.56 Å². The van der Waals surface area contributed by atoms with Crippen molar-refractivity contribution in [2.24, 2.45) is 0 Å². The van der Waals surface area contributed by atoms with E-state index in [1.807, 2.05) is 68.5 Å². The average molecular weight is 442 g/mol. The van der Waals surface area contributed by atoms with Crippen molar-refractivity contribution in [2.75, 3.05) is 20.4 Å². The van der Waals surface area contributed by atoms with Gasteiger partial charge in [0, 0.05) is 24.2 Å². The molecule has 0 unspecified atom stereocenters. The summed E-state index contributed by atoms with van der Waals surface area (Å²) in [4.78, 5) is 15.4. The summed E-state index contributed by atoms with van der Waals surface area (Å²) in [6.07, 6.45) is 2.69. The summed E-state index contributed by atoms with van der Waals surface area (Å²) in [5, 5.41) is 0. The molecule has 0 aromatic heterocycles. The van der Waals surface area contributed by atoms with E-state index in [0.29, 0.717) is 23.8 Å². The Morgan fingerprint density at radius 1 is 1.06 bits per heavy atom. The quantitative estimate of drug-likeness (QED) is 0.502. The fraction of sp³-hybridized carbons (Fsp3) is 0.250. The van der Waals surface area contributed by atoms with Crippen LogP contribution in [-0.4, -0.2) is 31.1 Å². The molecular formula is C28H27NO4. The second kappa shape index (κ2) is 8.75. The molecule has 5 nitrogen and oxygen atoms in total. The number of rotatable bonds is 5. The molecule has 0 fully saturated rings. The lowest BCUT2D eigenvalue weighted by Crippen LogP contribution is -2.34. The van der Waals surface area contributed by atoms with Gasteiger partial charge in [-0.1, -0.05) is 42.5 Å². The number of benzene rings is 3. The van der Waals surface area contributed by atoms with E-state index in [4.69, 9.17) is 14.2 Å². The van der Waals surface area contributed by atoms with Crippen molar-refractivity contribution in [3.63, 3.8) is 0 Å². The first-order valence-electron chi connectivity index (χ1n) is 11.2. The molecule has 0 N–H and O–H groups in total. The molecule has 2 aliphatic heterocycles. The van der Waals surface area contributed by atoms with Crippen LogP contribution in [0.4, 0.5) is 0 Å².